The Hall–Kier alpha value is -3.05. The van der Waals surface area contributed by atoms with Crippen LogP contribution in [0.5, 0.6) is 0 Å². The van der Waals surface area contributed by atoms with E-state index in [0.717, 1.165) is 44.5 Å². The van der Waals surface area contributed by atoms with Crippen molar-refractivity contribution in [3.05, 3.63) is 116 Å². The molecule has 0 aliphatic heterocycles. The number of nitrogens with zero attached hydrogens (tertiary/aromatic N) is 2. The Morgan fingerprint density at radius 3 is 1.89 bits per heavy atom. The molecule has 0 fully saturated rings. The quantitative estimate of drug-likeness (QED) is 0.141. The van der Waals surface area contributed by atoms with Gasteiger partial charge in [-0.2, -0.15) is 0 Å². The molecule has 6 rings (SSSR count). The van der Waals surface area contributed by atoms with Gasteiger partial charge in [0, 0.05) is 37.1 Å². The zero-order valence-corrected chi connectivity index (χ0v) is 24.9. The molecule has 36 heavy (non-hydrogen) atoms. The number of hydrogen-bond donors (Lipinski definition) is 0. The molecule has 0 saturated heterocycles. The molecule has 0 atom stereocenters. The van der Waals surface area contributed by atoms with Crippen LogP contribution in [-0.2, 0) is 20.1 Å². The van der Waals surface area contributed by atoms with Gasteiger partial charge < -0.3 is 9.40 Å². The maximum atomic E-state index is 5.86. The van der Waals surface area contributed by atoms with Crippen LogP contribution in [-0.4, -0.2) is 23.2 Å². The Morgan fingerprint density at radius 1 is 0.639 bits per heavy atom. The molecule has 0 saturated carbocycles. The van der Waals surface area contributed by atoms with Crippen LogP contribution < -0.4 is 4.40 Å². The molecule has 6 aromatic rings. The van der Waals surface area contributed by atoms with Crippen molar-refractivity contribution in [2.75, 3.05) is 0 Å². The van der Waals surface area contributed by atoms with Gasteiger partial charge in [-0.1, -0.05) is 18.2 Å². The molecule has 1 radical (unpaired) electrons. The second kappa shape index (κ2) is 11.3. The number of hydrogen-bond acceptors (Lipinski definition) is 3. The van der Waals surface area contributed by atoms with Crippen molar-refractivity contribution < 1.29 is 24.5 Å². The van der Waals surface area contributed by atoms with Crippen molar-refractivity contribution >= 4 is 39.6 Å². The predicted octanol–water partition coefficient (Wildman–Crippen LogP) is 7.54. The maximum Gasteiger partial charge on any atom is 0.135 e. The number of pyridine rings is 2. The number of rotatable bonds is 3. The number of aromatic nitrogens is 2. The molecular formula is C31H26GeIrN2O-2. The smallest absolute Gasteiger partial charge is 0.135 e. The summed E-state index contributed by atoms with van der Waals surface area (Å²) in [5, 5.41) is 2.16. The third kappa shape index (κ3) is 5.84. The second-order valence-corrected chi connectivity index (χ2v) is 20.1. The molecule has 0 unspecified atom stereocenters. The minimum Gasteiger partial charge on any atom is -0.457 e. The summed E-state index contributed by atoms with van der Waals surface area (Å²) in [6.07, 6.45) is 3.91. The first-order valence-electron chi connectivity index (χ1n) is 11.7. The summed E-state index contributed by atoms with van der Waals surface area (Å²) in [6, 6.07) is 36.5. The molecule has 0 aliphatic rings. The first-order chi connectivity index (χ1) is 17.0. The summed E-state index contributed by atoms with van der Waals surface area (Å²) in [7, 11) is 0. The fourth-order valence-corrected chi connectivity index (χ4v) is 6.04. The Morgan fingerprint density at radius 2 is 1.28 bits per heavy atom. The van der Waals surface area contributed by atoms with E-state index in [1.165, 1.54) is 4.40 Å². The summed E-state index contributed by atoms with van der Waals surface area (Å²) < 4.78 is 7.30. The molecule has 0 bridgehead atoms. The van der Waals surface area contributed by atoms with Gasteiger partial charge in [-0.05, 0) is 17.8 Å². The van der Waals surface area contributed by atoms with Gasteiger partial charge in [0.2, 0.25) is 0 Å². The van der Waals surface area contributed by atoms with E-state index in [9.17, 15) is 0 Å². The van der Waals surface area contributed by atoms with Crippen molar-refractivity contribution in [1.82, 2.24) is 9.97 Å². The SMILES string of the molecule is [CH3][Ge]([CH3])([CH3])[c]1ccc(-c2[c-]cccc2)nc1.[Ir].[c-]1ccccc1-c1cc2oc3ccccc3c2cn1. The third-order valence-electron chi connectivity index (χ3n) is 5.86. The van der Waals surface area contributed by atoms with Crippen molar-refractivity contribution in [1.29, 1.82) is 0 Å². The average Bonchev–Trinajstić information content (AvgIpc) is 3.28. The van der Waals surface area contributed by atoms with Crippen LogP contribution in [0.1, 0.15) is 0 Å². The predicted molar refractivity (Wildman–Crippen MR) is 147 cm³/mol. The van der Waals surface area contributed by atoms with Gasteiger partial charge in [0.25, 0.3) is 0 Å². The molecule has 0 amide bonds. The zero-order chi connectivity index (χ0) is 24.3. The fraction of sp³-hybridized carbons (Fsp3) is 0.0968. The van der Waals surface area contributed by atoms with Crippen molar-refractivity contribution in [2.24, 2.45) is 0 Å². The molecular weight excluding hydrogens is 681 g/mol. The number of benzene rings is 3. The monoisotopic (exact) mass is 709 g/mol. The van der Waals surface area contributed by atoms with Gasteiger partial charge in [0.05, 0.1) is 0 Å². The average molecular weight is 707 g/mol. The van der Waals surface area contributed by atoms with Gasteiger partial charge in [-0.15, -0.1) is 35.9 Å². The van der Waals surface area contributed by atoms with Gasteiger partial charge in [-0.3, -0.25) is 0 Å². The largest absolute Gasteiger partial charge is 0.457 e. The van der Waals surface area contributed by atoms with Crippen molar-refractivity contribution in [3.63, 3.8) is 0 Å². The molecule has 0 spiro atoms. The van der Waals surface area contributed by atoms with E-state index < -0.39 is 13.3 Å². The molecule has 3 aromatic heterocycles. The molecule has 181 valence electrons. The van der Waals surface area contributed by atoms with E-state index in [2.05, 4.69) is 57.6 Å². The maximum absolute atomic E-state index is 5.86. The molecule has 0 N–H and O–H groups in total. The van der Waals surface area contributed by atoms with Gasteiger partial charge in [0.15, 0.2) is 0 Å². The van der Waals surface area contributed by atoms with Crippen molar-refractivity contribution in [3.8, 4) is 22.5 Å². The Balaban J connectivity index is 0.000000167. The van der Waals surface area contributed by atoms with Crippen LogP contribution in [0, 0.1) is 12.1 Å². The number of para-hydroxylation sites is 1. The first kappa shape index (κ1) is 26.0. The Kier molecular flexibility index (Phi) is 8.20. The molecule has 3 aromatic carbocycles. The van der Waals surface area contributed by atoms with Crippen LogP contribution in [0.25, 0.3) is 44.5 Å². The van der Waals surface area contributed by atoms with E-state index in [4.69, 9.17) is 4.42 Å². The standard InChI is InChI=1S/C17H10NO.C14H16GeN.Ir/c1-2-6-12(7-3-1)15-10-17-14(11-18-15)13-8-4-5-9-16(13)19-17;1-15(2,3)13-9-10-14(16-11-13)12-7-5-4-6-8-12;/h1-6,8-11H;4-7,9-11H,1-3H3;/q2*-1;. The fourth-order valence-electron chi connectivity index (χ4n) is 3.87. The van der Waals surface area contributed by atoms with Gasteiger partial charge in [0.1, 0.15) is 11.2 Å². The van der Waals surface area contributed by atoms with E-state index in [-0.39, 0.29) is 20.1 Å². The molecule has 3 nitrogen and oxygen atoms in total. The third-order valence-corrected chi connectivity index (χ3v) is 10.1. The summed E-state index contributed by atoms with van der Waals surface area (Å²) in [4.78, 5) is 9.04. The van der Waals surface area contributed by atoms with Gasteiger partial charge >= 0.3 is 99.8 Å². The Labute approximate surface area is 228 Å². The first-order valence-corrected chi connectivity index (χ1v) is 19.0. The normalized spacial score (nSPS) is 11.0. The van der Waals surface area contributed by atoms with Crippen molar-refractivity contribution in [2.45, 2.75) is 17.3 Å². The topological polar surface area (TPSA) is 38.9 Å². The van der Waals surface area contributed by atoms with Crippen LogP contribution in [0.15, 0.2) is 108 Å². The number of furan rings is 1. The molecule has 0 aliphatic carbocycles. The molecule has 5 heteroatoms. The summed E-state index contributed by atoms with van der Waals surface area (Å²) >= 11 is -1.72. The van der Waals surface area contributed by atoms with Gasteiger partial charge in [-0.25, -0.2) is 0 Å². The van der Waals surface area contributed by atoms with Crippen LogP contribution in [0.2, 0.25) is 17.3 Å². The van der Waals surface area contributed by atoms with E-state index in [1.54, 1.807) is 0 Å². The van der Waals surface area contributed by atoms with E-state index in [1.807, 2.05) is 85.2 Å². The van der Waals surface area contributed by atoms with E-state index in [0.29, 0.717) is 0 Å². The van der Waals surface area contributed by atoms with Crippen LogP contribution in [0.3, 0.4) is 0 Å². The minimum absolute atomic E-state index is 0. The zero-order valence-electron chi connectivity index (χ0n) is 20.5. The minimum atomic E-state index is -1.72. The summed E-state index contributed by atoms with van der Waals surface area (Å²) in [5.41, 5.74) is 5.69. The molecule has 3 heterocycles. The summed E-state index contributed by atoms with van der Waals surface area (Å²) in [5.74, 6) is 7.14. The Bertz CT molecular complexity index is 1560. The second-order valence-electron chi connectivity index (χ2n) is 9.40. The summed E-state index contributed by atoms with van der Waals surface area (Å²) in [6.45, 7) is 0. The van der Waals surface area contributed by atoms with E-state index >= 15 is 0 Å². The van der Waals surface area contributed by atoms with Crippen LogP contribution in [0.4, 0.5) is 0 Å². The van der Waals surface area contributed by atoms with Crippen LogP contribution >= 0.6 is 0 Å². The number of fused-ring (bicyclic) bond motifs is 3.